The van der Waals surface area contributed by atoms with Crippen molar-refractivity contribution in [3.05, 3.63) is 42.2 Å². The number of nitrogens with zero attached hydrogens (tertiary/aromatic N) is 4. The molecular weight excluding hydrogens is 288 g/mol. The summed E-state index contributed by atoms with van der Waals surface area (Å²) in [6.45, 7) is 2.57. The van der Waals surface area contributed by atoms with E-state index >= 15 is 0 Å². The summed E-state index contributed by atoms with van der Waals surface area (Å²) < 4.78 is 0. The van der Waals surface area contributed by atoms with Gasteiger partial charge in [0.15, 0.2) is 0 Å². The Hall–Kier alpha value is -1.79. The summed E-state index contributed by atoms with van der Waals surface area (Å²) in [6.07, 6.45) is 11.9. The van der Waals surface area contributed by atoms with E-state index in [0.717, 1.165) is 17.4 Å². The van der Waals surface area contributed by atoms with Crippen molar-refractivity contribution in [3.8, 4) is 0 Å². The summed E-state index contributed by atoms with van der Waals surface area (Å²) in [7, 11) is 0. The van der Waals surface area contributed by atoms with Gasteiger partial charge in [0.25, 0.3) is 0 Å². The Kier molecular flexibility index (Phi) is 4.35. The molecule has 2 fully saturated rings. The molecule has 2 aliphatic rings. The number of piperidine rings is 1. The molecule has 4 rings (SSSR count). The zero-order valence-corrected chi connectivity index (χ0v) is 13.4. The van der Waals surface area contributed by atoms with E-state index in [-0.39, 0.29) is 6.04 Å². The fourth-order valence-corrected chi connectivity index (χ4v) is 3.78. The Balaban J connectivity index is 1.39. The van der Waals surface area contributed by atoms with Gasteiger partial charge in [-0.25, -0.2) is 4.98 Å². The van der Waals surface area contributed by atoms with Gasteiger partial charge >= 0.3 is 0 Å². The van der Waals surface area contributed by atoms with Gasteiger partial charge in [-0.05, 0) is 50.4 Å². The third-order valence-corrected chi connectivity index (χ3v) is 5.15. The average Bonchev–Trinajstić information content (AvgIpc) is 3.10. The van der Waals surface area contributed by atoms with E-state index in [4.69, 9.17) is 0 Å². The van der Waals surface area contributed by atoms with Crippen molar-refractivity contribution >= 4 is 0 Å². The minimum Gasteiger partial charge on any atom is -0.301 e. The van der Waals surface area contributed by atoms with Crippen LogP contribution < -0.4 is 5.32 Å². The summed E-state index contributed by atoms with van der Waals surface area (Å²) in [6, 6.07) is 5.40. The molecule has 1 aliphatic heterocycles. The molecule has 1 aliphatic carbocycles. The number of hydrogen-bond acceptors (Lipinski definition) is 5. The van der Waals surface area contributed by atoms with Crippen molar-refractivity contribution in [2.75, 3.05) is 13.1 Å². The van der Waals surface area contributed by atoms with E-state index in [1.54, 1.807) is 12.5 Å². The van der Waals surface area contributed by atoms with Gasteiger partial charge in [0, 0.05) is 24.5 Å². The highest BCUT2D eigenvalue weighted by atomic mass is 15.2. The molecule has 23 heavy (non-hydrogen) atoms. The largest absolute Gasteiger partial charge is 0.301 e. The van der Waals surface area contributed by atoms with E-state index in [9.17, 15) is 0 Å². The van der Waals surface area contributed by atoms with Gasteiger partial charge < -0.3 is 10.2 Å². The van der Waals surface area contributed by atoms with Crippen molar-refractivity contribution < 1.29 is 0 Å². The first-order valence-corrected chi connectivity index (χ1v) is 8.65. The molecule has 1 unspecified atom stereocenters. The third-order valence-electron chi connectivity index (χ3n) is 5.15. The maximum absolute atomic E-state index is 4.35. The smallest absolute Gasteiger partial charge is 0.146 e. The van der Waals surface area contributed by atoms with E-state index in [0.29, 0.717) is 6.04 Å². The van der Waals surface area contributed by atoms with Crippen LogP contribution in [0.3, 0.4) is 0 Å². The molecule has 1 saturated carbocycles. The van der Waals surface area contributed by atoms with Crippen LogP contribution in [0.4, 0.5) is 0 Å². The van der Waals surface area contributed by atoms with Gasteiger partial charge in [-0.3, -0.25) is 10.1 Å². The van der Waals surface area contributed by atoms with Gasteiger partial charge in [-0.15, -0.1) is 0 Å². The normalized spacial score (nSPS) is 26.6. The van der Waals surface area contributed by atoms with Gasteiger partial charge in [-0.1, -0.05) is 12.5 Å². The minimum absolute atomic E-state index is 0.0403. The van der Waals surface area contributed by atoms with Crippen LogP contribution in [0, 0.1) is 0 Å². The second-order valence-corrected chi connectivity index (χ2v) is 6.68. The highest BCUT2D eigenvalue weighted by Gasteiger charge is 2.35. The van der Waals surface area contributed by atoms with Gasteiger partial charge in [0.1, 0.15) is 12.2 Å². The van der Waals surface area contributed by atoms with E-state index in [1.165, 1.54) is 45.2 Å². The molecule has 0 amide bonds. The number of nitrogens with one attached hydrogen (secondary N) is 2. The lowest BCUT2D eigenvalue weighted by atomic mass is 9.83. The fourth-order valence-electron chi connectivity index (χ4n) is 3.78. The molecule has 6 nitrogen and oxygen atoms in total. The van der Waals surface area contributed by atoms with Crippen molar-refractivity contribution in [1.82, 2.24) is 30.4 Å². The maximum Gasteiger partial charge on any atom is 0.146 e. The standard InChI is InChI=1S/C17H24N6/c1-2-7-23(8-3-1)15-9-14(10-15)21-16(17-19-12-20-22-17)13-5-4-6-18-11-13/h4-6,11-12,14-16,21H,1-3,7-10H2,(H,19,20,22). The van der Waals surface area contributed by atoms with Crippen LogP contribution >= 0.6 is 0 Å². The summed E-state index contributed by atoms with van der Waals surface area (Å²) in [4.78, 5) is 11.3. The van der Waals surface area contributed by atoms with Gasteiger partial charge in [0.05, 0.1) is 6.04 Å². The molecule has 0 bridgehead atoms. The minimum atomic E-state index is 0.0403. The molecule has 3 heterocycles. The van der Waals surface area contributed by atoms with Crippen molar-refractivity contribution in [2.24, 2.45) is 0 Å². The number of H-pyrrole nitrogens is 1. The van der Waals surface area contributed by atoms with Crippen molar-refractivity contribution in [3.63, 3.8) is 0 Å². The van der Waals surface area contributed by atoms with Crippen LogP contribution in [0.15, 0.2) is 30.9 Å². The predicted octanol–water partition coefficient (Wildman–Crippen LogP) is 1.90. The Morgan fingerprint density at radius 2 is 2.09 bits per heavy atom. The zero-order chi connectivity index (χ0) is 15.5. The first-order valence-electron chi connectivity index (χ1n) is 8.65. The summed E-state index contributed by atoms with van der Waals surface area (Å²) in [5.74, 6) is 0.861. The van der Waals surface area contributed by atoms with E-state index in [2.05, 4.69) is 36.4 Å². The van der Waals surface area contributed by atoms with Crippen LogP contribution in [0.5, 0.6) is 0 Å². The summed E-state index contributed by atoms with van der Waals surface area (Å²) in [5, 5.41) is 10.7. The lowest BCUT2D eigenvalue weighted by molar-refractivity contribution is 0.0754. The van der Waals surface area contributed by atoms with Crippen LogP contribution in [0.25, 0.3) is 0 Å². The van der Waals surface area contributed by atoms with Gasteiger partial charge in [-0.2, -0.15) is 5.10 Å². The monoisotopic (exact) mass is 312 g/mol. The van der Waals surface area contributed by atoms with E-state index < -0.39 is 0 Å². The number of aromatic amines is 1. The molecule has 1 saturated heterocycles. The first kappa shape index (κ1) is 14.8. The SMILES string of the molecule is c1cncc(C(NC2CC(N3CCCCC3)C2)c2ncn[nH]2)c1. The molecule has 2 N–H and O–H groups in total. The Labute approximate surface area is 136 Å². The fraction of sp³-hybridized carbons (Fsp3) is 0.588. The molecule has 122 valence electrons. The third kappa shape index (κ3) is 3.28. The van der Waals surface area contributed by atoms with Crippen LogP contribution in [-0.2, 0) is 0 Å². The first-order chi connectivity index (χ1) is 11.4. The Bertz CT molecular complexity index is 587. The second kappa shape index (κ2) is 6.76. The number of hydrogen-bond donors (Lipinski definition) is 2. The quantitative estimate of drug-likeness (QED) is 0.882. The number of aromatic nitrogens is 4. The Morgan fingerprint density at radius 3 is 2.78 bits per heavy atom. The Morgan fingerprint density at radius 1 is 1.22 bits per heavy atom. The van der Waals surface area contributed by atoms with Crippen LogP contribution in [-0.4, -0.2) is 50.2 Å². The topological polar surface area (TPSA) is 69.7 Å². The van der Waals surface area contributed by atoms with Crippen molar-refractivity contribution in [1.29, 1.82) is 0 Å². The molecule has 0 radical (unpaired) electrons. The second-order valence-electron chi connectivity index (χ2n) is 6.68. The number of rotatable bonds is 5. The molecule has 1 atom stereocenters. The highest BCUT2D eigenvalue weighted by molar-refractivity contribution is 5.21. The average molecular weight is 312 g/mol. The molecule has 6 heteroatoms. The van der Waals surface area contributed by atoms with Gasteiger partial charge in [0.2, 0.25) is 0 Å². The predicted molar refractivity (Wildman–Crippen MR) is 87.8 cm³/mol. The molecule has 2 aromatic rings. The van der Waals surface area contributed by atoms with Crippen molar-refractivity contribution in [2.45, 2.75) is 50.2 Å². The van der Waals surface area contributed by atoms with E-state index in [1.807, 2.05) is 12.3 Å². The number of likely N-dealkylation sites (tertiary alicyclic amines) is 1. The lowest BCUT2D eigenvalue weighted by Crippen LogP contribution is -2.54. The highest BCUT2D eigenvalue weighted by Crippen LogP contribution is 2.31. The molecule has 2 aromatic heterocycles. The molecular formula is C17H24N6. The van der Waals surface area contributed by atoms with Crippen LogP contribution in [0.1, 0.15) is 49.5 Å². The lowest BCUT2D eigenvalue weighted by Gasteiger charge is -2.45. The summed E-state index contributed by atoms with van der Waals surface area (Å²) in [5.41, 5.74) is 1.13. The zero-order valence-electron chi connectivity index (χ0n) is 13.4. The van der Waals surface area contributed by atoms with Crippen LogP contribution in [0.2, 0.25) is 0 Å². The molecule has 0 spiro atoms. The number of pyridine rings is 1. The summed E-state index contributed by atoms with van der Waals surface area (Å²) >= 11 is 0. The molecule has 0 aromatic carbocycles. The maximum atomic E-state index is 4.35.